The van der Waals surface area contributed by atoms with E-state index < -0.39 is 0 Å². The summed E-state index contributed by atoms with van der Waals surface area (Å²) < 4.78 is 4.91. The maximum atomic E-state index is 4.91. The van der Waals surface area contributed by atoms with E-state index in [1.807, 2.05) is 6.08 Å². The molecule has 0 atom stereocenters. The fourth-order valence-corrected chi connectivity index (χ4v) is 0.411. The van der Waals surface area contributed by atoms with Gasteiger partial charge in [0.15, 0.2) is 5.90 Å². The van der Waals surface area contributed by atoms with Crippen LogP contribution in [0.2, 0.25) is 0 Å². The third-order valence-corrected chi connectivity index (χ3v) is 0.771. The van der Waals surface area contributed by atoms with Crippen LogP contribution in [0.5, 0.6) is 0 Å². The predicted octanol–water partition coefficient (Wildman–Crippen LogP) is 1.46. The topological polar surface area (TPSA) is 21.6 Å². The Balaban J connectivity index is 2.69. The summed E-state index contributed by atoms with van der Waals surface area (Å²) in [5.41, 5.74) is 0. The van der Waals surface area contributed by atoms with Crippen molar-refractivity contribution in [3.05, 3.63) is 24.6 Å². The van der Waals surface area contributed by atoms with E-state index in [0.29, 0.717) is 5.90 Å². The van der Waals surface area contributed by atoms with Crippen molar-refractivity contribution in [3.63, 3.8) is 0 Å². The van der Waals surface area contributed by atoms with Gasteiger partial charge in [-0.2, -0.15) is 0 Å². The number of aliphatic imine (C=N–C) groups is 1. The summed E-state index contributed by atoms with van der Waals surface area (Å²) in [5, 5.41) is 0. The summed E-state index contributed by atoms with van der Waals surface area (Å²) in [6.07, 6.45) is 6.90. The highest BCUT2D eigenvalue weighted by Gasteiger charge is 1.84. The Morgan fingerprint density at radius 2 is 2.38 bits per heavy atom. The van der Waals surface area contributed by atoms with Crippen LogP contribution in [-0.4, -0.2) is 5.90 Å². The molecule has 1 aliphatic heterocycles. The van der Waals surface area contributed by atoms with E-state index in [2.05, 4.69) is 4.99 Å². The first-order chi connectivity index (χ1) is 3.89. The van der Waals surface area contributed by atoms with Crippen LogP contribution in [0.1, 0.15) is 6.92 Å². The minimum atomic E-state index is 0.676. The molecular formula is C6H7NO. The summed E-state index contributed by atoms with van der Waals surface area (Å²) in [5.74, 6) is 0.676. The standard InChI is InChI=1S/C6H7NO/c1-6-7-4-2-3-5-8-6/h2-5H,1H3. The van der Waals surface area contributed by atoms with Crippen molar-refractivity contribution < 1.29 is 4.74 Å². The van der Waals surface area contributed by atoms with Crippen LogP contribution in [0.15, 0.2) is 29.6 Å². The molecule has 0 unspecified atom stereocenters. The molecule has 0 amide bonds. The Morgan fingerprint density at radius 1 is 1.50 bits per heavy atom. The van der Waals surface area contributed by atoms with Gasteiger partial charge in [-0.25, -0.2) is 4.99 Å². The summed E-state index contributed by atoms with van der Waals surface area (Å²) in [7, 11) is 0. The summed E-state index contributed by atoms with van der Waals surface area (Å²) in [4.78, 5) is 3.88. The van der Waals surface area contributed by atoms with E-state index in [4.69, 9.17) is 4.74 Å². The van der Waals surface area contributed by atoms with E-state index >= 15 is 0 Å². The molecule has 1 aliphatic rings. The predicted molar refractivity (Wildman–Crippen MR) is 32.5 cm³/mol. The highest BCUT2D eigenvalue weighted by Crippen LogP contribution is 1.90. The third-order valence-electron chi connectivity index (χ3n) is 0.771. The van der Waals surface area contributed by atoms with Gasteiger partial charge in [-0.05, 0) is 12.2 Å². The Morgan fingerprint density at radius 3 is 3.25 bits per heavy atom. The maximum absolute atomic E-state index is 4.91. The molecular weight excluding hydrogens is 102 g/mol. The normalized spacial score (nSPS) is 16.9. The van der Waals surface area contributed by atoms with Gasteiger partial charge in [-0.3, -0.25) is 0 Å². The lowest BCUT2D eigenvalue weighted by Crippen LogP contribution is -1.88. The Hall–Kier alpha value is -1.05. The highest BCUT2D eigenvalue weighted by atomic mass is 16.5. The van der Waals surface area contributed by atoms with Gasteiger partial charge in [-0.15, -0.1) is 0 Å². The van der Waals surface area contributed by atoms with Crippen LogP contribution >= 0.6 is 0 Å². The first-order valence-electron chi connectivity index (χ1n) is 2.42. The van der Waals surface area contributed by atoms with Gasteiger partial charge in [0.25, 0.3) is 0 Å². The molecule has 2 heteroatoms. The van der Waals surface area contributed by atoms with E-state index in [9.17, 15) is 0 Å². The number of hydrogen-bond donors (Lipinski definition) is 0. The second-order valence-corrected chi connectivity index (χ2v) is 1.44. The van der Waals surface area contributed by atoms with Crippen LogP contribution in [0.25, 0.3) is 0 Å². The molecule has 2 nitrogen and oxygen atoms in total. The smallest absolute Gasteiger partial charge is 0.190 e. The van der Waals surface area contributed by atoms with Gasteiger partial charge in [0.2, 0.25) is 0 Å². The van der Waals surface area contributed by atoms with E-state index in [0.717, 1.165) is 0 Å². The van der Waals surface area contributed by atoms with Crippen molar-refractivity contribution in [2.75, 3.05) is 0 Å². The fourth-order valence-electron chi connectivity index (χ4n) is 0.411. The van der Waals surface area contributed by atoms with Crippen LogP contribution in [0.3, 0.4) is 0 Å². The zero-order valence-corrected chi connectivity index (χ0v) is 4.66. The molecule has 1 rings (SSSR count). The van der Waals surface area contributed by atoms with Crippen LogP contribution < -0.4 is 0 Å². The SMILES string of the molecule is CC1=NC=CC=CO1. The second kappa shape index (κ2) is 2.31. The van der Waals surface area contributed by atoms with Crippen molar-refractivity contribution in [2.45, 2.75) is 6.92 Å². The van der Waals surface area contributed by atoms with Crippen molar-refractivity contribution >= 4 is 5.90 Å². The number of rotatable bonds is 0. The fraction of sp³-hybridized carbons (Fsp3) is 0.167. The highest BCUT2D eigenvalue weighted by molar-refractivity contribution is 5.74. The van der Waals surface area contributed by atoms with Crippen LogP contribution in [-0.2, 0) is 4.74 Å². The maximum Gasteiger partial charge on any atom is 0.190 e. The lowest BCUT2D eigenvalue weighted by atomic mass is 10.6. The summed E-state index contributed by atoms with van der Waals surface area (Å²) in [6, 6.07) is 0. The molecule has 8 heavy (non-hydrogen) atoms. The largest absolute Gasteiger partial charge is 0.451 e. The monoisotopic (exact) mass is 109 g/mol. The molecule has 0 bridgehead atoms. The van der Waals surface area contributed by atoms with Crippen LogP contribution in [0.4, 0.5) is 0 Å². The Bertz CT molecular complexity index is 156. The van der Waals surface area contributed by atoms with Gasteiger partial charge < -0.3 is 4.74 Å². The molecule has 0 aromatic rings. The molecule has 0 N–H and O–H groups in total. The van der Waals surface area contributed by atoms with Gasteiger partial charge in [-0.1, -0.05) is 0 Å². The lowest BCUT2D eigenvalue weighted by molar-refractivity contribution is 0.470. The van der Waals surface area contributed by atoms with Crippen LogP contribution in [0, 0.1) is 0 Å². The van der Waals surface area contributed by atoms with Crippen molar-refractivity contribution in [1.82, 2.24) is 0 Å². The summed E-state index contributed by atoms with van der Waals surface area (Å²) in [6.45, 7) is 1.81. The minimum absolute atomic E-state index is 0.676. The first-order valence-corrected chi connectivity index (χ1v) is 2.42. The molecule has 0 aromatic heterocycles. The molecule has 0 saturated heterocycles. The first kappa shape index (κ1) is 5.09. The number of nitrogens with zero attached hydrogens (tertiary/aromatic N) is 1. The molecule has 0 radical (unpaired) electrons. The molecule has 1 heterocycles. The molecule has 0 fully saturated rings. The van der Waals surface area contributed by atoms with Gasteiger partial charge in [0, 0.05) is 13.1 Å². The minimum Gasteiger partial charge on any atom is -0.451 e. The average molecular weight is 109 g/mol. The Labute approximate surface area is 48.2 Å². The van der Waals surface area contributed by atoms with Gasteiger partial charge in [0.05, 0.1) is 6.26 Å². The average Bonchev–Trinajstić information content (AvgIpc) is 1.94. The zero-order valence-electron chi connectivity index (χ0n) is 4.66. The second-order valence-electron chi connectivity index (χ2n) is 1.44. The number of allylic oxidation sites excluding steroid dienone is 2. The Kier molecular flexibility index (Phi) is 1.47. The number of hydrogen-bond acceptors (Lipinski definition) is 2. The third kappa shape index (κ3) is 1.22. The zero-order chi connectivity index (χ0) is 5.82. The molecule has 0 aromatic carbocycles. The molecule has 42 valence electrons. The lowest BCUT2D eigenvalue weighted by Gasteiger charge is -1.90. The van der Waals surface area contributed by atoms with E-state index in [-0.39, 0.29) is 0 Å². The van der Waals surface area contributed by atoms with E-state index in [1.165, 1.54) is 0 Å². The van der Waals surface area contributed by atoms with Crippen molar-refractivity contribution in [1.29, 1.82) is 0 Å². The quantitative estimate of drug-likeness (QED) is 0.461. The molecule has 0 spiro atoms. The van der Waals surface area contributed by atoms with Gasteiger partial charge in [0.1, 0.15) is 0 Å². The number of ether oxygens (including phenoxy) is 1. The van der Waals surface area contributed by atoms with E-state index in [1.54, 1.807) is 25.5 Å². The molecule has 0 saturated carbocycles. The van der Waals surface area contributed by atoms with Crippen molar-refractivity contribution in [2.24, 2.45) is 4.99 Å². The summed E-state index contributed by atoms with van der Waals surface area (Å²) >= 11 is 0. The van der Waals surface area contributed by atoms with Crippen molar-refractivity contribution in [3.8, 4) is 0 Å². The molecule has 0 aliphatic carbocycles. The van der Waals surface area contributed by atoms with Gasteiger partial charge >= 0.3 is 0 Å².